The smallest absolute Gasteiger partial charge is 0.206 e. The van der Waals surface area contributed by atoms with Gasteiger partial charge >= 0.3 is 0 Å². The number of Topliss-reactive ketones (excluding diaryl/α,β-unsaturated/α-hetero) is 1. The van der Waals surface area contributed by atoms with Gasteiger partial charge in [0.05, 0.1) is 16.0 Å². The molecule has 0 fully saturated rings. The summed E-state index contributed by atoms with van der Waals surface area (Å²) >= 11 is 0. The molecule has 0 bridgehead atoms. The third kappa shape index (κ3) is 3.57. The van der Waals surface area contributed by atoms with Crippen LogP contribution in [-0.4, -0.2) is 28.6 Å². The summed E-state index contributed by atoms with van der Waals surface area (Å²) in [7, 11) is -3.53. The summed E-state index contributed by atoms with van der Waals surface area (Å²) in [6.45, 7) is 0. The summed E-state index contributed by atoms with van der Waals surface area (Å²) < 4.78 is 27.0. The van der Waals surface area contributed by atoms with Crippen LogP contribution in [0.15, 0.2) is 89.2 Å². The van der Waals surface area contributed by atoms with Crippen molar-refractivity contribution in [2.45, 2.75) is 22.6 Å². The summed E-state index contributed by atoms with van der Waals surface area (Å²) in [6, 6.07) is 15.0. The second-order valence-electron chi connectivity index (χ2n) is 6.35. The average Bonchev–Trinajstić information content (AvgIpc) is 3.21. The van der Waals surface area contributed by atoms with Gasteiger partial charge in [0.15, 0.2) is 11.4 Å². The molecule has 4 rings (SSSR count). The van der Waals surface area contributed by atoms with Crippen molar-refractivity contribution in [2.24, 2.45) is 0 Å². The largest absolute Gasteiger partial charge is 0.304 e. The minimum absolute atomic E-state index is 0.0726. The molecule has 0 amide bonds. The number of sulfone groups is 1. The van der Waals surface area contributed by atoms with E-state index in [0.29, 0.717) is 17.8 Å². The standard InChI is InChI=1S/C21H17N3O3S/c25-20(19-15-24-13-12-22-21(24)14-23-19)11-8-16-6-9-18(10-7-16)28(26,27)17-4-2-1-3-5-17/h1-7,9-10,12-15H,8,11H2. The molecule has 0 saturated carbocycles. The van der Waals surface area contributed by atoms with Gasteiger partial charge in [-0.05, 0) is 36.2 Å². The van der Waals surface area contributed by atoms with E-state index in [9.17, 15) is 13.2 Å². The third-order valence-corrected chi connectivity index (χ3v) is 6.28. The summed E-state index contributed by atoms with van der Waals surface area (Å²) in [6.07, 6.45) is 7.44. The van der Waals surface area contributed by atoms with E-state index in [4.69, 9.17) is 0 Å². The van der Waals surface area contributed by atoms with Crippen LogP contribution in [0.5, 0.6) is 0 Å². The third-order valence-electron chi connectivity index (χ3n) is 4.49. The minimum atomic E-state index is -3.53. The lowest BCUT2D eigenvalue weighted by atomic mass is 10.1. The second-order valence-corrected chi connectivity index (χ2v) is 8.30. The van der Waals surface area contributed by atoms with Crippen LogP contribution in [-0.2, 0) is 16.3 Å². The Morgan fingerprint density at radius 1 is 0.929 bits per heavy atom. The van der Waals surface area contributed by atoms with Crippen molar-refractivity contribution in [3.8, 4) is 0 Å². The van der Waals surface area contributed by atoms with E-state index in [0.717, 1.165) is 5.56 Å². The number of ketones is 1. The quantitative estimate of drug-likeness (QED) is 0.471. The molecule has 0 unspecified atom stereocenters. The minimum Gasteiger partial charge on any atom is -0.304 e. The number of fused-ring (bicyclic) bond motifs is 1. The topological polar surface area (TPSA) is 81.4 Å². The average molecular weight is 391 g/mol. The van der Waals surface area contributed by atoms with Crippen molar-refractivity contribution >= 4 is 21.3 Å². The SMILES string of the molecule is O=C(CCc1ccc(S(=O)(=O)c2ccccc2)cc1)c1cn2ccnc2cn1. The van der Waals surface area contributed by atoms with Gasteiger partial charge in [0, 0.05) is 25.0 Å². The zero-order valence-corrected chi connectivity index (χ0v) is 15.7. The maximum absolute atomic E-state index is 12.6. The normalized spacial score (nSPS) is 11.6. The molecule has 0 radical (unpaired) electrons. The fraction of sp³-hybridized carbons (Fsp3) is 0.0952. The van der Waals surface area contributed by atoms with Gasteiger partial charge in [-0.2, -0.15) is 0 Å². The predicted octanol–water partition coefficient (Wildman–Crippen LogP) is 3.38. The van der Waals surface area contributed by atoms with Gasteiger partial charge in [-0.1, -0.05) is 30.3 Å². The fourth-order valence-electron chi connectivity index (χ4n) is 2.93. The van der Waals surface area contributed by atoms with E-state index in [-0.39, 0.29) is 22.0 Å². The van der Waals surface area contributed by atoms with E-state index in [1.165, 1.54) is 0 Å². The number of carbonyl (C=O) groups excluding carboxylic acids is 1. The van der Waals surface area contributed by atoms with Gasteiger partial charge < -0.3 is 4.40 Å². The van der Waals surface area contributed by atoms with Crippen LogP contribution in [0.3, 0.4) is 0 Å². The summed E-state index contributed by atoms with van der Waals surface area (Å²) in [4.78, 5) is 21.2. The zero-order valence-electron chi connectivity index (χ0n) is 14.9. The van der Waals surface area contributed by atoms with Crippen molar-refractivity contribution in [1.29, 1.82) is 0 Å². The van der Waals surface area contributed by atoms with Gasteiger partial charge in [0.25, 0.3) is 0 Å². The molecule has 140 valence electrons. The summed E-state index contributed by atoms with van der Waals surface area (Å²) in [5.41, 5.74) is 1.96. The van der Waals surface area contributed by atoms with Crippen molar-refractivity contribution in [3.05, 3.63) is 90.6 Å². The van der Waals surface area contributed by atoms with Crippen LogP contribution in [0.2, 0.25) is 0 Å². The van der Waals surface area contributed by atoms with Gasteiger partial charge in [-0.3, -0.25) is 4.79 Å². The Kier molecular flexibility index (Phi) is 4.75. The molecule has 2 heterocycles. The molecule has 6 nitrogen and oxygen atoms in total. The highest BCUT2D eigenvalue weighted by Gasteiger charge is 2.17. The van der Waals surface area contributed by atoms with Gasteiger partial charge in [0.1, 0.15) is 5.69 Å². The van der Waals surface area contributed by atoms with E-state index >= 15 is 0 Å². The summed E-state index contributed by atoms with van der Waals surface area (Å²) in [5.74, 6) is -0.0726. The molecule has 0 saturated heterocycles. The number of carbonyl (C=O) groups is 1. The van der Waals surface area contributed by atoms with E-state index in [1.54, 1.807) is 83.8 Å². The Bertz CT molecular complexity index is 1230. The number of hydrogen-bond acceptors (Lipinski definition) is 5. The van der Waals surface area contributed by atoms with Crippen LogP contribution in [0.4, 0.5) is 0 Å². The van der Waals surface area contributed by atoms with Crippen molar-refractivity contribution in [2.75, 3.05) is 0 Å². The van der Waals surface area contributed by atoms with Crippen molar-refractivity contribution in [3.63, 3.8) is 0 Å². The van der Waals surface area contributed by atoms with Gasteiger partial charge in [0.2, 0.25) is 9.84 Å². The van der Waals surface area contributed by atoms with E-state index in [2.05, 4.69) is 9.97 Å². The molecule has 0 aliphatic heterocycles. The van der Waals surface area contributed by atoms with E-state index < -0.39 is 9.84 Å². The van der Waals surface area contributed by atoms with Crippen molar-refractivity contribution < 1.29 is 13.2 Å². The highest BCUT2D eigenvalue weighted by Crippen LogP contribution is 2.21. The molecular formula is C21H17N3O3S. The lowest BCUT2D eigenvalue weighted by Gasteiger charge is -2.06. The van der Waals surface area contributed by atoms with Crippen LogP contribution >= 0.6 is 0 Å². The van der Waals surface area contributed by atoms with Crippen LogP contribution < -0.4 is 0 Å². The molecule has 0 aliphatic carbocycles. The second kappa shape index (κ2) is 7.36. The molecule has 0 spiro atoms. The molecule has 7 heteroatoms. The first kappa shape index (κ1) is 18.1. The predicted molar refractivity (Wildman–Crippen MR) is 104 cm³/mol. The molecule has 0 atom stereocenters. The number of benzene rings is 2. The number of aromatic nitrogens is 3. The number of aryl methyl sites for hydroxylation is 1. The highest BCUT2D eigenvalue weighted by atomic mass is 32.2. The maximum atomic E-state index is 12.6. The number of rotatable bonds is 6. The molecule has 2 aromatic heterocycles. The van der Waals surface area contributed by atoms with Gasteiger partial charge in [-0.15, -0.1) is 0 Å². The molecule has 28 heavy (non-hydrogen) atoms. The Hall–Kier alpha value is -3.32. The highest BCUT2D eigenvalue weighted by molar-refractivity contribution is 7.91. The maximum Gasteiger partial charge on any atom is 0.206 e. The molecule has 0 aliphatic rings. The lowest BCUT2D eigenvalue weighted by Crippen LogP contribution is -2.06. The first-order chi connectivity index (χ1) is 13.5. The molecular weight excluding hydrogens is 374 g/mol. The first-order valence-corrected chi connectivity index (χ1v) is 10.2. The van der Waals surface area contributed by atoms with Gasteiger partial charge in [-0.25, -0.2) is 18.4 Å². The Morgan fingerprint density at radius 2 is 1.64 bits per heavy atom. The van der Waals surface area contributed by atoms with Crippen LogP contribution in [0.1, 0.15) is 22.5 Å². The van der Waals surface area contributed by atoms with Crippen LogP contribution in [0, 0.1) is 0 Å². The first-order valence-electron chi connectivity index (χ1n) is 8.75. The fourth-order valence-corrected chi connectivity index (χ4v) is 4.21. The Labute approximate surface area is 162 Å². The Morgan fingerprint density at radius 3 is 2.39 bits per heavy atom. The molecule has 4 aromatic rings. The monoisotopic (exact) mass is 391 g/mol. The number of imidazole rings is 1. The van der Waals surface area contributed by atoms with Crippen molar-refractivity contribution in [1.82, 2.24) is 14.4 Å². The number of hydrogen-bond donors (Lipinski definition) is 0. The Balaban J connectivity index is 1.45. The van der Waals surface area contributed by atoms with E-state index in [1.807, 2.05) is 0 Å². The van der Waals surface area contributed by atoms with Crippen LogP contribution in [0.25, 0.3) is 5.65 Å². The lowest BCUT2D eigenvalue weighted by molar-refractivity contribution is 0.0977. The zero-order chi connectivity index (χ0) is 19.6. The molecule has 0 N–H and O–H groups in total. The number of nitrogens with zero attached hydrogens (tertiary/aromatic N) is 3. The summed E-state index contributed by atoms with van der Waals surface area (Å²) in [5, 5.41) is 0. The molecule has 2 aromatic carbocycles.